The Morgan fingerprint density at radius 2 is 1.67 bits per heavy atom. The van der Waals surface area contributed by atoms with Gasteiger partial charge in [-0.05, 0) is 79.0 Å². The summed E-state index contributed by atoms with van der Waals surface area (Å²) < 4.78 is 5.41. The second-order valence-corrected chi connectivity index (χ2v) is 10.3. The monoisotopic (exact) mass is 484 g/mol. The van der Waals surface area contributed by atoms with Crippen LogP contribution in [0.2, 0.25) is 0 Å². The Bertz CT molecular complexity index is 1110. The van der Waals surface area contributed by atoms with Crippen LogP contribution in [0, 0.1) is 0 Å². The number of rotatable bonds is 10. The molecule has 1 aliphatic heterocycles. The van der Waals surface area contributed by atoms with E-state index in [2.05, 4.69) is 54.4 Å². The minimum absolute atomic E-state index is 0.0206. The maximum absolute atomic E-state index is 13.3. The second-order valence-electron chi connectivity index (χ2n) is 10.3. The number of methoxy groups -OCH3 is 1. The molecule has 4 nitrogen and oxygen atoms in total. The van der Waals surface area contributed by atoms with Crippen molar-refractivity contribution < 1.29 is 9.53 Å². The number of benzene rings is 3. The van der Waals surface area contributed by atoms with Crippen LogP contribution in [-0.2, 0) is 5.41 Å². The van der Waals surface area contributed by atoms with Crippen molar-refractivity contribution in [3.63, 3.8) is 0 Å². The smallest absolute Gasteiger partial charge is 0.252 e. The van der Waals surface area contributed by atoms with Crippen LogP contribution in [0.1, 0.15) is 61.9 Å². The van der Waals surface area contributed by atoms with Crippen LogP contribution in [0.4, 0.5) is 0 Å². The molecule has 4 rings (SSSR count). The molecule has 1 fully saturated rings. The van der Waals surface area contributed by atoms with Crippen molar-refractivity contribution >= 4 is 5.91 Å². The first kappa shape index (κ1) is 26.0. The predicted octanol–water partition coefficient (Wildman–Crippen LogP) is 6.70. The third-order valence-corrected chi connectivity index (χ3v) is 7.93. The lowest BCUT2D eigenvalue weighted by Crippen LogP contribution is -2.45. The zero-order valence-corrected chi connectivity index (χ0v) is 22.0. The van der Waals surface area contributed by atoms with Gasteiger partial charge in [-0.2, -0.15) is 0 Å². The van der Waals surface area contributed by atoms with Crippen molar-refractivity contribution in [3.05, 3.63) is 90.0 Å². The summed E-state index contributed by atoms with van der Waals surface area (Å²) in [6.45, 7) is 7.88. The molecule has 0 radical (unpaired) electrons. The maximum atomic E-state index is 13.3. The fourth-order valence-electron chi connectivity index (χ4n) is 5.33. The number of hydrogen-bond donors (Lipinski definition) is 1. The molecule has 0 saturated carbocycles. The van der Waals surface area contributed by atoms with Crippen molar-refractivity contribution in [2.45, 2.75) is 57.4 Å². The largest absolute Gasteiger partial charge is 0.497 e. The molecule has 190 valence electrons. The Kier molecular flexibility index (Phi) is 8.82. The summed E-state index contributed by atoms with van der Waals surface area (Å²) in [7, 11) is 1.64. The SMILES string of the molecule is CCC(C)(CCCN1CCC(NC(=O)c2cc(OC)ccc2-c2ccccc2)CC1)c1ccccc1. The van der Waals surface area contributed by atoms with Gasteiger partial charge in [0.2, 0.25) is 0 Å². The van der Waals surface area contributed by atoms with Crippen LogP contribution in [0.15, 0.2) is 78.9 Å². The van der Waals surface area contributed by atoms with Crippen molar-refractivity contribution in [2.75, 3.05) is 26.7 Å². The molecule has 1 atom stereocenters. The molecule has 3 aromatic carbocycles. The minimum atomic E-state index is -0.0206. The van der Waals surface area contributed by atoms with Crippen molar-refractivity contribution in [2.24, 2.45) is 0 Å². The Balaban J connectivity index is 1.30. The van der Waals surface area contributed by atoms with E-state index in [-0.39, 0.29) is 17.4 Å². The molecule has 4 heteroatoms. The van der Waals surface area contributed by atoms with E-state index in [1.54, 1.807) is 7.11 Å². The average molecular weight is 485 g/mol. The summed E-state index contributed by atoms with van der Waals surface area (Å²) in [5.41, 5.74) is 4.32. The number of hydrogen-bond acceptors (Lipinski definition) is 3. The van der Waals surface area contributed by atoms with Crippen LogP contribution in [0.25, 0.3) is 11.1 Å². The fourth-order valence-corrected chi connectivity index (χ4v) is 5.33. The minimum Gasteiger partial charge on any atom is -0.497 e. The summed E-state index contributed by atoms with van der Waals surface area (Å²) in [5.74, 6) is 0.678. The number of piperidine rings is 1. The molecule has 1 amide bonds. The lowest BCUT2D eigenvalue weighted by atomic mass is 9.76. The van der Waals surface area contributed by atoms with E-state index in [0.717, 1.165) is 50.0 Å². The van der Waals surface area contributed by atoms with Gasteiger partial charge in [0.05, 0.1) is 12.7 Å². The molecule has 0 bridgehead atoms. The summed E-state index contributed by atoms with van der Waals surface area (Å²) in [6.07, 6.45) is 5.52. The van der Waals surface area contributed by atoms with Crippen LogP contribution >= 0.6 is 0 Å². The molecular formula is C32H40N2O2. The highest BCUT2D eigenvalue weighted by Gasteiger charge is 2.26. The molecule has 36 heavy (non-hydrogen) atoms. The van der Waals surface area contributed by atoms with Gasteiger partial charge in [0.15, 0.2) is 0 Å². The van der Waals surface area contributed by atoms with E-state index in [1.807, 2.05) is 48.5 Å². The van der Waals surface area contributed by atoms with Crippen LogP contribution < -0.4 is 10.1 Å². The lowest BCUT2D eigenvalue weighted by molar-refractivity contribution is 0.0910. The zero-order valence-electron chi connectivity index (χ0n) is 22.0. The summed E-state index contributed by atoms with van der Waals surface area (Å²) >= 11 is 0. The van der Waals surface area contributed by atoms with E-state index in [0.29, 0.717) is 11.3 Å². The summed E-state index contributed by atoms with van der Waals surface area (Å²) in [5, 5.41) is 3.31. The van der Waals surface area contributed by atoms with Gasteiger partial charge in [0, 0.05) is 19.1 Å². The van der Waals surface area contributed by atoms with Gasteiger partial charge in [-0.25, -0.2) is 0 Å². The molecule has 1 unspecified atom stereocenters. The van der Waals surface area contributed by atoms with Gasteiger partial charge in [-0.15, -0.1) is 0 Å². The first-order valence-corrected chi connectivity index (χ1v) is 13.3. The Morgan fingerprint density at radius 3 is 2.31 bits per heavy atom. The number of ether oxygens (including phenoxy) is 1. The summed E-state index contributed by atoms with van der Waals surface area (Å²) in [6, 6.07) is 26.9. The maximum Gasteiger partial charge on any atom is 0.252 e. The topological polar surface area (TPSA) is 41.6 Å². The van der Waals surface area contributed by atoms with Crippen molar-refractivity contribution in [1.82, 2.24) is 10.2 Å². The quantitative estimate of drug-likeness (QED) is 0.348. The number of likely N-dealkylation sites (tertiary alicyclic amines) is 1. The number of carbonyl (C=O) groups is 1. The van der Waals surface area contributed by atoms with E-state index in [4.69, 9.17) is 4.74 Å². The molecule has 3 aromatic rings. The van der Waals surface area contributed by atoms with E-state index >= 15 is 0 Å². The number of amides is 1. The molecule has 1 aliphatic rings. The first-order valence-electron chi connectivity index (χ1n) is 13.3. The van der Waals surface area contributed by atoms with Crippen molar-refractivity contribution in [1.29, 1.82) is 0 Å². The summed E-state index contributed by atoms with van der Waals surface area (Å²) in [4.78, 5) is 15.9. The molecule has 0 aliphatic carbocycles. The lowest BCUT2D eigenvalue weighted by Gasteiger charge is -2.34. The van der Waals surface area contributed by atoms with Gasteiger partial charge in [0.1, 0.15) is 5.75 Å². The molecule has 0 spiro atoms. The van der Waals surface area contributed by atoms with Gasteiger partial charge in [-0.1, -0.05) is 74.5 Å². The predicted molar refractivity (Wildman–Crippen MR) is 149 cm³/mol. The third-order valence-electron chi connectivity index (χ3n) is 7.93. The van der Waals surface area contributed by atoms with Crippen LogP contribution in [0.5, 0.6) is 5.75 Å². The van der Waals surface area contributed by atoms with E-state index in [9.17, 15) is 4.79 Å². The molecule has 1 N–H and O–H groups in total. The van der Waals surface area contributed by atoms with E-state index < -0.39 is 0 Å². The molecule has 1 saturated heterocycles. The first-order chi connectivity index (χ1) is 17.5. The Hall–Kier alpha value is -3.11. The zero-order chi connectivity index (χ0) is 25.4. The van der Waals surface area contributed by atoms with Gasteiger partial charge in [0.25, 0.3) is 5.91 Å². The van der Waals surface area contributed by atoms with Gasteiger partial charge in [-0.3, -0.25) is 4.79 Å². The highest BCUT2D eigenvalue weighted by Crippen LogP contribution is 2.32. The van der Waals surface area contributed by atoms with Crippen molar-refractivity contribution in [3.8, 4) is 16.9 Å². The second kappa shape index (κ2) is 12.2. The Labute approximate surface area is 216 Å². The molecular weight excluding hydrogens is 444 g/mol. The van der Waals surface area contributed by atoms with Gasteiger partial charge >= 0.3 is 0 Å². The highest BCUT2D eigenvalue weighted by atomic mass is 16.5. The van der Waals surface area contributed by atoms with E-state index in [1.165, 1.54) is 18.4 Å². The van der Waals surface area contributed by atoms with Crippen LogP contribution in [0.3, 0.4) is 0 Å². The van der Waals surface area contributed by atoms with Gasteiger partial charge < -0.3 is 15.0 Å². The molecule has 0 aromatic heterocycles. The normalized spacial score (nSPS) is 16.3. The number of nitrogens with one attached hydrogen (secondary N) is 1. The fraction of sp³-hybridized carbons (Fsp3) is 0.406. The number of nitrogens with zero attached hydrogens (tertiary/aromatic N) is 1. The highest BCUT2D eigenvalue weighted by molar-refractivity contribution is 6.01. The average Bonchev–Trinajstić information content (AvgIpc) is 2.94. The number of carbonyl (C=O) groups excluding carboxylic acids is 1. The van der Waals surface area contributed by atoms with Crippen LogP contribution in [-0.4, -0.2) is 43.6 Å². The third kappa shape index (κ3) is 6.36. The standard InChI is InChI=1S/C32H40N2O2/c1-4-32(2,26-14-9-6-10-15-26)20-11-21-34-22-18-27(19-23-34)33-31(35)30-24-28(36-3)16-17-29(30)25-12-7-5-8-13-25/h5-10,12-17,24,27H,4,11,18-23H2,1-3H3,(H,33,35). The Morgan fingerprint density at radius 1 is 1.00 bits per heavy atom. The molecule has 1 heterocycles.